The van der Waals surface area contributed by atoms with Gasteiger partial charge in [-0.25, -0.2) is 9.78 Å². The molecule has 1 rings (SSSR count). The van der Waals surface area contributed by atoms with Gasteiger partial charge in [-0.2, -0.15) is 0 Å². The number of aromatic nitrogens is 1. The Hall–Kier alpha value is -1.14. The first-order valence-electron chi connectivity index (χ1n) is 5.63. The number of carbonyl (C=O) groups is 1. The lowest BCUT2D eigenvalue weighted by Gasteiger charge is -2.16. The standard InChI is InChI=1S/C11H19N3O2S/c1-7(4-5-15)13-11(16)14-9(3)10-12-6-8(2)17-10/h6-7,9,15H,4-5H2,1-3H3,(H2,13,14,16)/t7-,9?/m1/s1. The van der Waals surface area contributed by atoms with Crippen LogP contribution in [-0.4, -0.2) is 28.8 Å². The SMILES string of the molecule is Cc1cnc(C(C)NC(=O)N[C@H](C)CCO)s1. The minimum Gasteiger partial charge on any atom is -0.396 e. The van der Waals surface area contributed by atoms with Crippen molar-refractivity contribution in [1.82, 2.24) is 15.6 Å². The lowest BCUT2D eigenvalue weighted by molar-refractivity contribution is 0.228. The second kappa shape index (κ2) is 6.56. The first kappa shape index (κ1) is 13.9. The van der Waals surface area contributed by atoms with Crippen LogP contribution in [0.1, 0.15) is 36.2 Å². The van der Waals surface area contributed by atoms with Crippen LogP contribution in [-0.2, 0) is 0 Å². The normalized spacial score (nSPS) is 14.1. The quantitative estimate of drug-likeness (QED) is 0.749. The molecule has 1 aromatic rings. The molecule has 0 aliphatic rings. The minimum atomic E-state index is -0.230. The summed E-state index contributed by atoms with van der Waals surface area (Å²) in [7, 11) is 0. The van der Waals surface area contributed by atoms with Gasteiger partial charge < -0.3 is 15.7 Å². The number of aryl methyl sites for hydroxylation is 1. The third kappa shape index (κ3) is 4.70. The van der Waals surface area contributed by atoms with E-state index in [2.05, 4.69) is 15.6 Å². The molecule has 17 heavy (non-hydrogen) atoms. The van der Waals surface area contributed by atoms with Crippen molar-refractivity contribution in [2.75, 3.05) is 6.61 Å². The van der Waals surface area contributed by atoms with E-state index in [0.717, 1.165) is 9.88 Å². The Morgan fingerprint density at radius 1 is 1.53 bits per heavy atom. The molecule has 96 valence electrons. The number of nitrogens with one attached hydrogen (secondary N) is 2. The number of carbonyl (C=O) groups excluding carboxylic acids is 1. The van der Waals surface area contributed by atoms with E-state index in [1.54, 1.807) is 17.5 Å². The Balaban J connectivity index is 2.40. The summed E-state index contributed by atoms with van der Waals surface area (Å²) in [4.78, 5) is 16.9. The fourth-order valence-corrected chi connectivity index (χ4v) is 2.14. The van der Waals surface area contributed by atoms with E-state index >= 15 is 0 Å². The van der Waals surface area contributed by atoms with E-state index in [4.69, 9.17) is 5.11 Å². The van der Waals surface area contributed by atoms with Crippen LogP contribution in [0.25, 0.3) is 0 Å². The lowest BCUT2D eigenvalue weighted by atomic mass is 10.2. The highest BCUT2D eigenvalue weighted by molar-refractivity contribution is 7.11. The second-order valence-corrected chi connectivity index (χ2v) is 5.33. The van der Waals surface area contributed by atoms with Crippen molar-refractivity contribution in [3.8, 4) is 0 Å². The van der Waals surface area contributed by atoms with Gasteiger partial charge in [0.1, 0.15) is 5.01 Å². The molecule has 5 nitrogen and oxygen atoms in total. The largest absolute Gasteiger partial charge is 0.396 e. The zero-order valence-corrected chi connectivity index (χ0v) is 11.2. The fraction of sp³-hybridized carbons (Fsp3) is 0.636. The molecule has 0 bridgehead atoms. The summed E-state index contributed by atoms with van der Waals surface area (Å²) in [5.74, 6) is 0. The Labute approximate surface area is 105 Å². The molecule has 3 N–H and O–H groups in total. The van der Waals surface area contributed by atoms with Gasteiger partial charge in [0.05, 0.1) is 6.04 Å². The molecular weight excluding hydrogens is 238 g/mol. The van der Waals surface area contributed by atoms with Crippen LogP contribution in [0.15, 0.2) is 6.20 Å². The smallest absolute Gasteiger partial charge is 0.315 e. The Morgan fingerprint density at radius 3 is 2.76 bits per heavy atom. The summed E-state index contributed by atoms with van der Waals surface area (Å²) in [5.41, 5.74) is 0. The maximum Gasteiger partial charge on any atom is 0.315 e. The van der Waals surface area contributed by atoms with Gasteiger partial charge in [-0.1, -0.05) is 0 Å². The molecule has 1 aromatic heterocycles. The van der Waals surface area contributed by atoms with Gasteiger partial charge in [0.15, 0.2) is 0 Å². The van der Waals surface area contributed by atoms with Gasteiger partial charge in [-0.3, -0.25) is 0 Å². The molecule has 2 atom stereocenters. The molecule has 0 spiro atoms. The van der Waals surface area contributed by atoms with E-state index in [-0.39, 0.29) is 24.7 Å². The minimum absolute atomic E-state index is 0.0368. The van der Waals surface area contributed by atoms with Crippen LogP contribution in [0.2, 0.25) is 0 Å². The molecule has 1 unspecified atom stereocenters. The number of hydrogen-bond acceptors (Lipinski definition) is 4. The molecule has 0 aromatic carbocycles. The number of hydrogen-bond donors (Lipinski definition) is 3. The molecule has 0 saturated heterocycles. The third-order valence-corrected chi connectivity index (χ3v) is 3.39. The van der Waals surface area contributed by atoms with Crippen LogP contribution in [0.4, 0.5) is 4.79 Å². The highest BCUT2D eigenvalue weighted by Gasteiger charge is 2.13. The van der Waals surface area contributed by atoms with E-state index < -0.39 is 0 Å². The summed E-state index contributed by atoms with van der Waals surface area (Å²) in [5, 5.41) is 15.2. The average Bonchev–Trinajstić information content (AvgIpc) is 2.64. The lowest BCUT2D eigenvalue weighted by Crippen LogP contribution is -2.42. The molecule has 0 aliphatic heterocycles. The predicted molar refractivity (Wildman–Crippen MR) is 68.1 cm³/mol. The topological polar surface area (TPSA) is 74.2 Å². The predicted octanol–water partition coefficient (Wildman–Crippen LogP) is 1.58. The first-order valence-corrected chi connectivity index (χ1v) is 6.44. The zero-order valence-electron chi connectivity index (χ0n) is 10.4. The summed E-state index contributed by atoms with van der Waals surface area (Å²) >= 11 is 1.57. The molecule has 0 radical (unpaired) electrons. The van der Waals surface area contributed by atoms with Gasteiger partial charge in [0.2, 0.25) is 0 Å². The molecule has 1 heterocycles. The third-order valence-electron chi connectivity index (χ3n) is 2.30. The number of nitrogens with zero attached hydrogens (tertiary/aromatic N) is 1. The highest BCUT2D eigenvalue weighted by Crippen LogP contribution is 2.18. The van der Waals surface area contributed by atoms with Gasteiger partial charge in [-0.15, -0.1) is 11.3 Å². The summed E-state index contributed by atoms with van der Waals surface area (Å²) < 4.78 is 0. The molecule has 6 heteroatoms. The number of aliphatic hydroxyl groups is 1. The number of amides is 2. The summed E-state index contributed by atoms with van der Waals surface area (Å²) in [6.45, 7) is 5.81. The van der Waals surface area contributed by atoms with Gasteiger partial charge in [-0.05, 0) is 27.2 Å². The van der Waals surface area contributed by atoms with Crippen LogP contribution < -0.4 is 10.6 Å². The van der Waals surface area contributed by atoms with Crippen molar-refractivity contribution in [2.24, 2.45) is 0 Å². The highest BCUT2D eigenvalue weighted by atomic mass is 32.1. The Morgan fingerprint density at radius 2 is 2.24 bits per heavy atom. The second-order valence-electron chi connectivity index (χ2n) is 4.06. The number of rotatable bonds is 5. The molecule has 2 amide bonds. The first-order chi connectivity index (χ1) is 8.02. The van der Waals surface area contributed by atoms with Crippen molar-refractivity contribution in [3.63, 3.8) is 0 Å². The van der Waals surface area contributed by atoms with Crippen molar-refractivity contribution in [1.29, 1.82) is 0 Å². The van der Waals surface area contributed by atoms with Crippen LogP contribution >= 0.6 is 11.3 Å². The Kier molecular flexibility index (Phi) is 5.37. The maximum atomic E-state index is 11.6. The number of urea groups is 1. The van der Waals surface area contributed by atoms with Crippen LogP contribution in [0, 0.1) is 6.92 Å². The summed E-state index contributed by atoms with van der Waals surface area (Å²) in [6, 6.07) is -0.369. The van der Waals surface area contributed by atoms with Crippen molar-refractivity contribution in [3.05, 3.63) is 16.1 Å². The Bertz CT molecular complexity index is 367. The van der Waals surface area contributed by atoms with Gasteiger partial charge in [0, 0.05) is 23.7 Å². The van der Waals surface area contributed by atoms with Crippen molar-refractivity contribution >= 4 is 17.4 Å². The van der Waals surface area contributed by atoms with Crippen molar-refractivity contribution in [2.45, 2.75) is 39.3 Å². The van der Waals surface area contributed by atoms with E-state index in [1.165, 1.54) is 0 Å². The van der Waals surface area contributed by atoms with Gasteiger partial charge >= 0.3 is 6.03 Å². The maximum absolute atomic E-state index is 11.6. The van der Waals surface area contributed by atoms with E-state index in [1.807, 2.05) is 20.8 Å². The van der Waals surface area contributed by atoms with Crippen LogP contribution in [0.5, 0.6) is 0 Å². The van der Waals surface area contributed by atoms with Crippen LogP contribution in [0.3, 0.4) is 0 Å². The monoisotopic (exact) mass is 257 g/mol. The molecule has 0 fully saturated rings. The average molecular weight is 257 g/mol. The van der Waals surface area contributed by atoms with E-state index in [9.17, 15) is 4.79 Å². The fourth-order valence-electron chi connectivity index (χ4n) is 1.36. The summed E-state index contributed by atoms with van der Waals surface area (Å²) in [6.07, 6.45) is 2.35. The molecular formula is C11H19N3O2S. The molecule has 0 aliphatic carbocycles. The van der Waals surface area contributed by atoms with E-state index in [0.29, 0.717) is 6.42 Å². The molecule has 0 saturated carbocycles. The van der Waals surface area contributed by atoms with Gasteiger partial charge in [0.25, 0.3) is 0 Å². The van der Waals surface area contributed by atoms with Crippen molar-refractivity contribution < 1.29 is 9.90 Å². The number of aliphatic hydroxyl groups excluding tert-OH is 1. The number of thiazole rings is 1. The zero-order chi connectivity index (χ0) is 12.8.